The summed E-state index contributed by atoms with van der Waals surface area (Å²) in [5, 5.41) is 4.96. The van der Waals surface area contributed by atoms with E-state index in [2.05, 4.69) is 22.3 Å². The minimum absolute atomic E-state index is 0.383. The number of nitrogens with one attached hydrogen (secondary N) is 1. The molecule has 6 heteroatoms. The lowest BCUT2D eigenvalue weighted by Crippen LogP contribution is -2.40. The largest absolute Gasteiger partial charge is 0.493 e. The molecule has 3 aliphatic rings. The second-order valence-corrected chi connectivity index (χ2v) is 9.21. The third-order valence-corrected chi connectivity index (χ3v) is 7.15. The number of methoxy groups -OCH3 is 2. The van der Waals surface area contributed by atoms with Crippen molar-refractivity contribution in [3.05, 3.63) is 23.4 Å². The van der Waals surface area contributed by atoms with Gasteiger partial charge in [0.2, 0.25) is 0 Å². The van der Waals surface area contributed by atoms with E-state index in [4.69, 9.17) is 19.2 Å². The number of hydrogen-bond donors (Lipinski definition) is 1. The van der Waals surface area contributed by atoms with Crippen molar-refractivity contribution in [3.8, 4) is 11.5 Å². The molecular weight excluding hydrogens is 390 g/mol. The molecule has 0 unspecified atom stereocenters. The van der Waals surface area contributed by atoms with E-state index in [0.29, 0.717) is 18.8 Å². The summed E-state index contributed by atoms with van der Waals surface area (Å²) in [6, 6.07) is 4.66. The maximum Gasteiger partial charge on any atom is 0.163 e. The standard InChI is InChI=1S/C25H35N3O3/c1-29-18-13-17(14-18)26-25-19-7-5-8-21(19)27-22-16-24(23(30-2)15-20(22)25)31-12-6-11-28-9-3-4-10-28/h15-18H,3-14H2,1-2H3,(H,26,27). The van der Waals surface area contributed by atoms with Crippen LogP contribution in [-0.2, 0) is 17.6 Å². The first-order valence-electron chi connectivity index (χ1n) is 11.9. The van der Waals surface area contributed by atoms with Gasteiger partial charge in [-0.15, -0.1) is 0 Å². The summed E-state index contributed by atoms with van der Waals surface area (Å²) in [7, 11) is 3.53. The number of aromatic nitrogens is 1. The summed E-state index contributed by atoms with van der Waals surface area (Å²) in [6.07, 6.45) is 9.53. The number of ether oxygens (including phenoxy) is 3. The number of hydrogen-bond acceptors (Lipinski definition) is 6. The lowest BCUT2D eigenvalue weighted by molar-refractivity contribution is 0.0329. The molecule has 1 saturated carbocycles. The van der Waals surface area contributed by atoms with Crippen LogP contribution in [0.4, 0.5) is 5.69 Å². The summed E-state index contributed by atoms with van der Waals surface area (Å²) >= 11 is 0. The van der Waals surface area contributed by atoms with Crippen LogP contribution in [0.15, 0.2) is 12.1 Å². The Morgan fingerprint density at radius 3 is 2.68 bits per heavy atom. The van der Waals surface area contributed by atoms with Crippen molar-refractivity contribution in [3.63, 3.8) is 0 Å². The van der Waals surface area contributed by atoms with Crippen molar-refractivity contribution in [2.24, 2.45) is 0 Å². The number of nitrogens with zero attached hydrogens (tertiary/aromatic N) is 2. The first-order valence-corrected chi connectivity index (χ1v) is 11.9. The molecule has 0 amide bonds. The molecular formula is C25H35N3O3. The molecule has 2 heterocycles. The van der Waals surface area contributed by atoms with Gasteiger partial charge in [0, 0.05) is 42.5 Å². The number of pyridine rings is 1. The Bertz CT molecular complexity index is 920. The first-order chi connectivity index (χ1) is 15.2. The molecule has 31 heavy (non-hydrogen) atoms. The number of anilines is 1. The lowest BCUT2D eigenvalue weighted by Gasteiger charge is -2.36. The van der Waals surface area contributed by atoms with Gasteiger partial charge in [-0.1, -0.05) is 0 Å². The number of rotatable bonds is 9. The van der Waals surface area contributed by atoms with Gasteiger partial charge in [-0.2, -0.15) is 0 Å². The van der Waals surface area contributed by atoms with E-state index in [0.717, 1.165) is 61.1 Å². The third-order valence-electron chi connectivity index (χ3n) is 7.15. The molecule has 168 valence electrons. The van der Waals surface area contributed by atoms with Gasteiger partial charge in [0.25, 0.3) is 0 Å². The molecule has 1 aliphatic heterocycles. The summed E-state index contributed by atoms with van der Waals surface area (Å²) < 4.78 is 17.4. The molecule has 1 saturated heterocycles. The van der Waals surface area contributed by atoms with Gasteiger partial charge >= 0.3 is 0 Å². The highest BCUT2D eigenvalue weighted by Crippen LogP contribution is 2.41. The molecule has 0 bridgehead atoms. The van der Waals surface area contributed by atoms with E-state index in [1.54, 1.807) is 14.2 Å². The van der Waals surface area contributed by atoms with Crippen LogP contribution in [0.1, 0.15) is 49.8 Å². The number of likely N-dealkylation sites (tertiary alicyclic amines) is 1. The van der Waals surface area contributed by atoms with Gasteiger partial charge in [0.05, 0.1) is 25.3 Å². The fourth-order valence-corrected chi connectivity index (χ4v) is 5.26. The number of aryl methyl sites for hydroxylation is 1. The second kappa shape index (κ2) is 9.21. The van der Waals surface area contributed by atoms with E-state index in [1.165, 1.54) is 49.3 Å². The summed E-state index contributed by atoms with van der Waals surface area (Å²) in [5.74, 6) is 1.59. The number of fused-ring (bicyclic) bond motifs is 2. The van der Waals surface area contributed by atoms with Crippen molar-refractivity contribution in [1.29, 1.82) is 0 Å². The fraction of sp³-hybridized carbons (Fsp3) is 0.640. The molecule has 1 aromatic heterocycles. The predicted molar refractivity (Wildman–Crippen MR) is 124 cm³/mol. The molecule has 5 rings (SSSR count). The highest BCUT2D eigenvalue weighted by Gasteiger charge is 2.31. The van der Waals surface area contributed by atoms with Crippen LogP contribution in [0.3, 0.4) is 0 Å². The van der Waals surface area contributed by atoms with Crippen molar-refractivity contribution < 1.29 is 14.2 Å². The highest BCUT2D eigenvalue weighted by atomic mass is 16.5. The average Bonchev–Trinajstić information content (AvgIpc) is 3.44. The van der Waals surface area contributed by atoms with E-state index >= 15 is 0 Å². The van der Waals surface area contributed by atoms with Crippen LogP contribution in [-0.4, -0.2) is 62.5 Å². The minimum atomic E-state index is 0.383. The molecule has 6 nitrogen and oxygen atoms in total. The van der Waals surface area contributed by atoms with Gasteiger partial charge in [-0.25, -0.2) is 0 Å². The first kappa shape index (κ1) is 20.8. The Morgan fingerprint density at radius 2 is 1.90 bits per heavy atom. The minimum Gasteiger partial charge on any atom is -0.493 e. The van der Waals surface area contributed by atoms with Gasteiger partial charge < -0.3 is 24.4 Å². The van der Waals surface area contributed by atoms with E-state index in [1.807, 2.05) is 0 Å². The molecule has 2 fully saturated rings. The van der Waals surface area contributed by atoms with Crippen LogP contribution in [0.2, 0.25) is 0 Å². The predicted octanol–water partition coefficient (Wildman–Crippen LogP) is 4.19. The summed E-state index contributed by atoms with van der Waals surface area (Å²) in [5.41, 5.74) is 4.87. The molecule has 0 spiro atoms. The smallest absolute Gasteiger partial charge is 0.163 e. The van der Waals surface area contributed by atoms with Gasteiger partial charge in [0.1, 0.15) is 0 Å². The Morgan fingerprint density at radius 1 is 1.06 bits per heavy atom. The molecule has 2 aromatic rings. The molecule has 2 aliphatic carbocycles. The van der Waals surface area contributed by atoms with Crippen LogP contribution in [0, 0.1) is 0 Å². The van der Waals surface area contributed by atoms with Crippen LogP contribution >= 0.6 is 0 Å². The quantitative estimate of drug-likeness (QED) is 0.608. The maximum absolute atomic E-state index is 6.17. The van der Waals surface area contributed by atoms with Gasteiger partial charge in [-0.3, -0.25) is 4.98 Å². The zero-order valence-electron chi connectivity index (χ0n) is 18.9. The Labute approximate surface area is 185 Å². The van der Waals surface area contributed by atoms with E-state index in [-0.39, 0.29) is 0 Å². The third kappa shape index (κ3) is 4.33. The Hall–Kier alpha value is -2.05. The van der Waals surface area contributed by atoms with Gasteiger partial charge in [-0.05, 0) is 76.1 Å². The summed E-state index contributed by atoms with van der Waals surface area (Å²) in [4.78, 5) is 7.54. The molecule has 1 N–H and O–H groups in total. The van der Waals surface area contributed by atoms with E-state index in [9.17, 15) is 0 Å². The molecule has 1 aromatic carbocycles. The zero-order valence-corrected chi connectivity index (χ0v) is 18.9. The second-order valence-electron chi connectivity index (χ2n) is 9.21. The molecule has 0 radical (unpaired) electrons. The van der Waals surface area contributed by atoms with Crippen molar-refractivity contribution in [2.45, 2.75) is 63.5 Å². The Balaban J connectivity index is 1.37. The fourth-order valence-electron chi connectivity index (χ4n) is 5.26. The monoisotopic (exact) mass is 425 g/mol. The number of benzene rings is 1. The topological polar surface area (TPSA) is 55.9 Å². The van der Waals surface area contributed by atoms with E-state index < -0.39 is 0 Å². The lowest BCUT2D eigenvalue weighted by atomic mass is 9.88. The molecule has 0 atom stereocenters. The van der Waals surface area contributed by atoms with Crippen LogP contribution in [0.25, 0.3) is 10.9 Å². The van der Waals surface area contributed by atoms with Crippen molar-refractivity contribution in [1.82, 2.24) is 9.88 Å². The van der Waals surface area contributed by atoms with Crippen molar-refractivity contribution in [2.75, 3.05) is 45.8 Å². The average molecular weight is 426 g/mol. The SMILES string of the molecule is COc1cc2c(NC3CC(OC)C3)c3c(nc2cc1OCCCN1CCCC1)CCC3. The van der Waals surface area contributed by atoms with Crippen LogP contribution < -0.4 is 14.8 Å². The summed E-state index contributed by atoms with van der Waals surface area (Å²) in [6.45, 7) is 4.28. The zero-order chi connectivity index (χ0) is 21.2. The van der Waals surface area contributed by atoms with Gasteiger partial charge in [0.15, 0.2) is 11.5 Å². The highest BCUT2D eigenvalue weighted by molar-refractivity contribution is 5.96. The van der Waals surface area contributed by atoms with Crippen LogP contribution in [0.5, 0.6) is 11.5 Å². The maximum atomic E-state index is 6.17. The van der Waals surface area contributed by atoms with Crippen molar-refractivity contribution >= 4 is 16.6 Å². The Kier molecular flexibility index (Phi) is 6.19. The normalized spacial score (nSPS) is 23.0.